The molecule has 0 fully saturated rings. The van der Waals surface area contributed by atoms with Crippen LogP contribution in [0.5, 0.6) is 0 Å². The van der Waals surface area contributed by atoms with E-state index in [2.05, 4.69) is 41.7 Å². The van der Waals surface area contributed by atoms with Gasteiger partial charge in [-0.15, -0.1) is 53.6 Å². The fourth-order valence-corrected chi connectivity index (χ4v) is 6.56. The summed E-state index contributed by atoms with van der Waals surface area (Å²) in [6, 6.07) is 24.8. The van der Waals surface area contributed by atoms with Gasteiger partial charge in [0.15, 0.2) is 0 Å². The molecule has 0 amide bonds. The number of hydrogen-bond donors (Lipinski definition) is 0. The van der Waals surface area contributed by atoms with Crippen LogP contribution in [-0.4, -0.2) is 18.0 Å². The third-order valence-electron chi connectivity index (χ3n) is 7.33. The molecule has 0 spiro atoms. The van der Waals surface area contributed by atoms with Crippen LogP contribution < -0.4 is 5.19 Å². The van der Waals surface area contributed by atoms with Gasteiger partial charge in [0.25, 0.3) is 0 Å². The Morgan fingerprint density at radius 3 is 2.34 bits per heavy atom. The summed E-state index contributed by atoms with van der Waals surface area (Å²) in [5.74, 6) is -1.73. The number of fused-ring (bicyclic) bond motifs is 3. The third kappa shape index (κ3) is 7.26. The van der Waals surface area contributed by atoms with E-state index in [-0.39, 0.29) is 31.5 Å². The van der Waals surface area contributed by atoms with Crippen LogP contribution in [-0.2, 0) is 20.1 Å². The maximum Gasteiger partial charge on any atom is 0.124 e. The standard InChI is InChI=1S/C20H15FNO.C18H24NSi.Ir/c1-12(2)13-8-9-22-18(10-13)16-5-3-4-15-17-11-14(21)6-7-19(17)23-20(15)16;1-13(2)16-11-17(15-9-7-14(3)8-10-15)19-12-18(16)20(4,5)6;/h3-4,6-12H,1-2H3;7-9,11-13H,1-6H3;/q2*-1;/i12D;3D3,13D;. The van der Waals surface area contributed by atoms with E-state index in [1.165, 1.54) is 23.4 Å². The molecule has 1 radical (unpaired) electrons. The first-order valence-electron chi connectivity index (χ1n) is 16.8. The summed E-state index contributed by atoms with van der Waals surface area (Å²) in [6.45, 7) is 12.1. The SMILES string of the molecule is [2H]C(C)(C)c1ccnc(-c2[c-]ccc3c2oc2ccc(F)cc23)c1.[2H]C([2H])([2H])c1c[c-]c(-c2cc(C([2H])(C)C)c([Si](C)(C)C)cn2)cc1.[Ir]. The molecule has 0 saturated carbocycles. The van der Waals surface area contributed by atoms with E-state index in [1.807, 2.05) is 58.2 Å². The molecule has 229 valence electrons. The Balaban J connectivity index is 0.000000216. The number of nitrogens with zero attached hydrogens (tertiary/aromatic N) is 2. The van der Waals surface area contributed by atoms with Crippen LogP contribution in [0.1, 0.15) is 63.0 Å². The summed E-state index contributed by atoms with van der Waals surface area (Å²) < 4.78 is 58.5. The Hall–Kier alpha value is -3.44. The van der Waals surface area contributed by atoms with Gasteiger partial charge in [-0.05, 0) is 52.6 Å². The van der Waals surface area contributed by atoms with Crippen LogP contribution in [0.4, 0.5) is 4.39 Å². The number of benzene rings is 3. The minimum Gasteiger partial charge on any atom is -0.501 e. The fraction of sp³-hybridized carbons (Fsp3) is 0.263. The van der Waals surface area contributed by atoms with Crippen molar-refractivity contribution in [1.82, 2.24) is 9.97 Å². The van der Waals surface area contributed by atoms with E-state index >= 15 is 0 Å². The van der Waals surface area contributed by atoms with Crippen molar-refractivity contribution >= 4 is 35.2 Å². The largest absolute Gasteiger partial charge is 0.501 e. The molecule has 3 heterocycles. The van der Waals surface area contributed by atoms with Gasteiger partial charge in [0, 0.05) is 44.7 Å². The molecule has 44 heavy (non-hydrogen) atoms. The molecule has 6 heteroatoms. The summed E-state index contributed by atoms with van der Waals surface area (Å²) >= 11 is 0. The van der Waals surface area contributed by atoms with E-state index < -0.39 is 26.7 Å². The Labute approximate surface area is 282 Å². The van der Waals surface area contributed by atoms with E-state index in [9.17, 15) is 4.39 Å². The van der Waals surface area contributed by atoms with Crippen molar-refractivity contribution in [3.8, 4) is 22.5 Å². The number of rotatable bonds is 5. The van der Waals surface area contributed by atoms with Crippen LogP contribution >= 0.6 is 0 Å². The molecule has 0 aliphatic carbocycles. The van der Waals surface area contributed by atoms with Crippen molar-refractivity contribution in [3.05, 3.63) is 114 Å². The predicted molar refractivity (Wildman–Crippen MR) is 180 cm³/mol. The quantitative estimate of drug-likeness (QED) is 0.129. The van der Waals surface area contributed by atoms with E-state index in [4.69, 9.17) is 11.3 Å². The normalized spacial score (nSPS) is 14.0. The van der Waals surface area contributed by atoms with E-state index in [0.717, 1.165) is 38.7 Å². The zero-order chi connectivity index (χ0) is 35.2. The summed E-state index contributed by atoms with van der Waals surface area (Å²) in [7, 11) is -1.61. The van der Waals surface area contributed by atoms with Gasteiger partial charge in [-0.25, -0.2) is 4.39 Å². The van der Waals surface area contributed by atoms with Crippen LogP contribution in [0.25, 0.3) is 44.5 Å². The maximum absolute atomic E-state index is 13.6. The number of halogens is 1. The van der Waals surface area contributed by atoms with Gasteiger partial charge >= 0.3 is 0 Å². The van der Waals surface area contributed by atoms with Crippen molar-refractivity contribution in [2.75, 3.05) is 0 Å². The molecule has 6 rings (SSSR count). The fourth-order valence-electron chi connectivity index (χ4n) is 4.98. The van der Waals surface area contributed by atoms with Gasteiger partial charge in [-0.2, -0.15) is 0 Å². The average molecular weight is 784 g/mol. The van der Waals surface area contributed by atoms with Crippen LogP contribution in [0.3, 0.4) is 0 Å². The molecule has 6 aromatic rings. The predicted octanol–water partition coefficient (Wildman–Crippen LogP) is 10.2. The number of pyridine rings is 2. The van der Waals surface area contributed by atoms with Crippen molar-refractivity contribution in [1.29, 1.82) is 0 Å². The Morgan fingerprint density at radius 1 is 0.886 bits per heavy atom. The monoisotopic (exact) mass is 784 g/mol. The summed E-state index contributed by atoms with van der Waals surface area (Å²) in [5.41, 5.74) is 6.26. The first kappa shape index (κ1) is 26.9. The second-order valence-corrected chi connectivity index (χ2v) is 17.2. The van der Waals surface area contributed by atoms with Gasteiger partial charge < -0.3 is 14.4 Å². The summed E-state index contributed by atoms with van der Waals surface area (Å²) in [4.78, 5) is 8.97. The van der Waals surface area contributed by atoms with Gasteiger partial charge in [0.1, 0.15) is 11.4 Å². The Bertz CT molecular complexity index is 2090. The first-order valence-corrected chi connectivity index (χ1v) is 17.8. The van der Waals surface area contributed by atoms with Gasteiger partial charge in [-0.3, -0.25) is 0 Å². The molecule has 0 unspecified atom stereocenters. The molecule has 0 aliphatic rings. The second kappa shape index (κ2) is 13.7. The van der Waals surface area contributed by atoms with Crippen molar-refractivity contribution in [2.45, 2.75) is 66.0 Å². The average Bonchev–Trinajstić information content (AvgIpc) is 3.37. The van der Waals surface area contributed by atoms with Crippen molar-refractivity contribution in [3.63, 3.8) is 0 Å². The topological polar surface area (TPSA) is 38.9 Å². The zero-order valence-corrected chi connectivity index (χ0v) is 29.4. The minimum atomic E-state index is -2.13. The zero-order valence-electron chi connectivity index (χ0n) is 31.0. The smallest absolute Gasteiger partial charge is 0.124 e. The molecule has 0 bridgehead atoms. The molecular weight excluding hydrogens is 740 g/mol. The maximum atomic E-state index is 13.6. The van der Waals surface area contributed by atoms with Crippen molar-refractivity contribution in [2.24, 2.45) is 0 Å². The van der Waals surface area contributed by atoms with Crippen LogP contribution in [0.2, 0.25) is 19.6 Å². The van der Waals surface area contributed by atoms with E-state index in [0.29, 0.717) is 16.9 Å². The second-order valence-electron chi connectivity index (χ2n) is 12.1. The molecular formula is C38H39FIrN2OSi-2. The number of aryl methyl sites for hydroxylation is 1. The van der Waals surface area contributed by atoms with E-state index in [1.54, 1.807) is 30.5 Å². The number of hydrogen-bond acceptors (Lipinski definition) is 3. The van der Waals surface area contributed by atoms with Gasteiger partial charge in [0.05, 0.1) is 13.7 Å². The van der Waals surface area contributed by atoms with Gasteiger partial charge in [-0.1, -0.05) is 88.4 Å². The molecule has 3 aromatic heterocycles. The molecule has 0 aliphatic heterocycles. The summed E-state index contributed by atoms with van der Waals surface area (Å²) in [6.07, 6.45) is 3.58. The number of furan rings is 1. The van der Waals surface area contributed by atoms with Crippen molar-refractivity contribution < 1.29 is 35.8 Å². The molecule has 0 atom stereocenters. The Morgan fingerprint density at radius 2 is 1.68 bits per heavy atom. The molecule has 3 nitrogen and oxygen atoms in total. The molecule has 0 saturated heterocycles. The summed E-state index contributed by atoms with van der Waals surface area (Å²) in [5, 5.41) is 2.75. The Kier molecular flexibility index (Phi) is 8.37. The third-order valence-corrected chi connectivity index (χ3v) is 9.34. The minimum absolute atomic E-state index is 0. The number of aromatic nitrogens is 2. The van der Waals surface area contributed by atoms with Crippen LogP contribution in [0, 0.1) is 24.8 Å². The molecule has 3 aromatic carbocycles. The molecule has 0 N–H and O–H groups in total. The first-order chi connectivity index (χ1) is 22.2. The van der Waals surface area contributed by atoms with Gasteiger partial charge in [0.2, 0.25) is 0 Å². The van der Waals surface area contributed by atoms with Crippen LogP contribution in [0.15, 0.2) is 83.5 Å².